The average Bonchev–Trinajstić information content (AvgIpc) is 3.11. The van der Waals surface area contributed by atoms with Gasteiger partial charge in [-0.3, -0.25) is 4.79 Å². The Labute approximate surface area is 136 Å². The van der Waals surface area contributed by atoms with Crippen LogP contribution in [0.4, 0.5) is 8.78 Å². The fraction of sp³-hybridized carbons (Fsp3) is 0.125. The number of amides is 1. The fourth-order valence-electron chi connectivity index (χ4n) is 2.22. The number of aromatic nitrogens is 4. The molecule has 24 heavy (non-hydrogen) atoms. The third kappa shape index (κ3) is 3.60. The molecule has 3 aromatic rings. The Morgan fingerprint density at radius 1 is 1.08 bits per heavy atom. The highest BCUT2D eigenvalue weighted by molar-refractivity contribution is 5.97. The molecule has 1 heterocycles. The SMILES string of the molecule is O=C(NCCc1ccc(F)cc1)c1ccc(F)cc1-n1cnnn1. The van der Waals surface area contributed by atoms with E-state index in [4.69, 9.17) is 0 Å². The van der Waals surface area contributed by atoms with Crippen LogP contribution in [0.5, 0.6) is 0 Å². The maximum absolute atomic E-state index is 13.5. The summed E-state index contributed by atoms with van der Waals surface area (Å²) in [4.78, 5) is 12.3. The van der Waals surface area contributed by atoms with E-state index in [-0.39, 0.29) is 23.0 Å². The van der Waals surface area contributed by atoms with E-state index in [1.54, 1.807) is 12.1 Å². The molecule has 0 aliphatic carbocycles. The van der Waals surface area contributed by atoms with Gasteiger partial charge in [0.2, 0.25) is 0 Å². The van der Waals surface area contributed by atoms with Crippen LogP contribution in [-0.2, 0) is 6.42 Å². The van der Waals surface area contributed by atoms with Gasteiger partial charge in [0.25, 0.3) is 5.91 Å². The van der Waals surface area contributed by atoms with Crippen LogP contribution < -0.4 is 5.32 Å². The molecule has 1 aromatic heterocycles. The summed E-state index contributed by atoms with van der Waals surface area (Å²) in [6, 6.07) is 9.81. The number of carbonyl (C=O) groups is 1. The minimum absolute atomic E-state index is 0.249. The van der Waals surface area contributed by atoms with Crippen molar-refractivity contribution in [3.63, 3.8) is 0 Å². The van der Waals surface area contributed by atoms with Crippen molar-refractivity contribution in [1.29, 1.82) is 0 Å². The summed E-state index contributed by atoms with van der Waals surface area (Å²) in [5.74, 6) is -1.17. The Kier molecular flexibility index (Phi) is 4.55. The van der Waals surface area contributed by atoms with Crippen LogP contribution in [0.3, 0.4) is 0 Å². The first kappa shape index (κ1) is 15.7. The molecule has 0 bridgehead atoms. The molecule has 0 fully saturated rings. The Hall–Kier alpha value is -3.16. The molecule has 0 saturated carbocycles. The first-order chi connectivity index (χ1) is 11.6. The van der Waals surface area contributed by atoms with Gasteiger partial charge in [0.05, 0.1) is 11.3 Å². The number of hydrogen-bond donors (Lipinski definition) is 1. The normalized spacial score (nSPS) is 10.6. The van der Waals surface area contributed by atoms with E-state index in [1.807, 2.05) is 0 Å². The summed E-state index contributed by atoms with van der Waals surface area (Å²) in [6.45, 7) is 0.358. The van der Waals surface area contributed by atoms with E-state index in [0.717, 1.165) is 5.56 Å². The van der Waals surface area contributed by atoms with Crippen molar-refractivity contribution in [1.82, 2.24) is 25.5 Å². The van der Waals surface area contributed by atoms with Crippen molar-refractivity contribution in [2.45, 2.75) is 6.42 Å². The second kappa shape index (κ2) is 6.95. The molecular weight excluding hydrogens is 316 g/mol. The zero-order chi connectivity index (χ0) is 16.9. The molecule has 2 aromatic carbocycles. The van der Waals surface area contributed by atoms with Gasteiger partial charge >= 0.3 is 0 Å². The number of halogens is 2. The third-order valence-electron chi connectivity index (χ3n) is 3.41. The van der Waals surface area contributed by atoms with E-state index in [0.29, 0.717) is 13.0 Å². The van der Waals surface area contributed by atoms with E-state index in [1.165, 1.54) is 41.3 Å². The monoisotopic (exact) mass is 329 g/mol. The largest absolute Gasteiger partial charge is 0.352 e. The molecule has 122 valence electrons. The van der Waals surface area contributed by atoms with Crippen LogP contribution in [-0.4, -0.2) is 32.7 Å². The molecule has 0 radical (unpaired) electrons. The number of nitrogens with zero attached hydrogens (tertiary/aromatic N) is 4. The maximum Gasteiger partial charge on any atom is 0.253 e. The molecule has 1 N–H and O–H groups in total. The van der Waals surface area contributed by atoms with Gasteiger partial charge in [-0.2, -0.15) is 4.68 Å². The van der Waals surface area contributed by atoms with Crippen molar-refractivity contribution < 1.29 is 13.6 Å². The molecule has 0 unspecified atom stereocenters. The molecular formula is C16H13F2N5O. The van der Waals surface area contributed by atoms with Crippen molar-refractivity contribution in [3.05, 3.63) is 71.6 Å². The van der Waals surface area contributed by atoms with Gasteiger partial charge in [0.1, 0.15) is 18.0 Å². The van der Waals surface area contributed by atoms with Crippen molar-refractivity contribution in [2.24, 2.45) is 0 Å². The van der Waals surface area contributed by atoms with E-state index < -0.39 is 5.82 Å². The van der Waals surface area contributed by atoms with Crippen LogP contribution in [0.25, 0.3) is 5.69 Å². The molecule has 0 atom stereocenters. The van der Waals surface area contributed by atoms with E-state index >= 15 is 0 Å². The minimum atomic E-state index is -0.497. The maximum atomic E-state index is 13.5. The summed E-state index contributed by atoms with van der Waals surface area (Å²) in [6.07, 6.45) is 1.83. The van der Waals surface area contributed by atoms with E-state index in [9.17, 15) is 13.6 Å². The number of nitrogens with one attached hydrogen (secondary N) is 1. The van der Waals surface area contributed by atoms with Gasteiger partial charge in [-0.1, -0.05) is 12.1 Å². The van der Waals surface area contributed by atoms with E-state index in [2.05, 4.69) is 20.8 Å². The summed E-state index contributed by atoms with van der Waals surface area (Å²) < 4.78 is 27.5. The van der Waals surface area contributed by atoms with Crippen LogP contribution >= 0.6 is 0 Å². The molecule has 0 spiro atoms. The van der Waals surface area contributed by atoms with Gasteiger partial charge in [0, 0.05) is 12.6 Å². The first-order valence-electron chi connectivity index (χ1n) is 7.19. The number of benzene rings is 2. The standard InChI is InChI=1S/C16H13F2N5O/c17-12-3-1-11(2-4-12)7-8-19-16(24)14-6-5-13(18)9-15(14)23-10-20-21-22-23/h1-6,9-10H,7-8H2,(H,19,24). The predicted octanol–water partition coefficient (Wildman–Crippen LogP) is 1.91. The topological polar surface area (TPSA) is 72.7 Å². The quantitative estimate of drug-likeness (QED) is 0.776. The van der Waals surface area contributed by atoms with Crippen molar-refractivity contribution in [3.8, 4) is 5.69 Å². The molecule has 8 heteroatoms. The number of tetrazole rings is 1. The third-order valence-corrected chi connectivity index (χ3v) is 3.41. The fourth-order valence-corrected chi connectivity index (χ4v) is 2.22. The molecule has 0 aliphatic rings. The van der Waals surface area contributed by atoms with Crippen LogP contribution in [0.2, 0.25) is 0 Å². The molecule has 3 rings (SSSR count). The highest BCUT2D eigenvalue weighted by Crippen LogP contribution is 2.15. The summed E-state index contributed by atoms with van der Waals surface area (Å²) in [5.41, 5.74) is 1.40. The Balaban J connectivity index is 1.70. The highest BCUT2D eigenvalue weighted by Gasteiger charge is 2.14. The van der Waals surface area contributed by atoms with Crippen LogP contribution in [0.15, 0.2) is 48.8 Å². The first-order valence-corrected chi connectivity index (χ1v) is 7.19. The van der Waals surface area contributed by atoms with Crippen molar-refractivity contribution in [2.75, 3.05) is 6.54 Å². The number of rotatable bonds is 5. The highest BCUT2D eigenvalue weighted by atomic mass is 19.1. The van der Waals surface area contributed by atoms with Crippen molar-refractivity contribution >= 4 is 5.91 Å². The van der Waals surface area contributed by atoms with Gasteiger partial charge in [-0.25, -0.2) is 8.78 Å². The smallest absolute Gasteiger partial charge is 0.253 e. The van der Waals surface area contributed by atoms with Gasteiger partial charge in [-0.15, -0.1) is 5.10 Å². The zero-order valence-electron chi connectivity index (χ0n) is 12.5. The lowest BCUT2D eigenvalue weighted by molar-refractivity contribution is 0.0954. The van der Waals surface area contributed by atoms with Gasteiger partial charge < -0.3 is 5.32 Å². The molecule has 1 amide bonds. The lowest BCUT2D eigenvalue weighted by atomic mass is 10.1. The number of hydrogen-bond acceptors (Lipinski definition) is 4. The van der Waals surface area contributed by atoms with Gasteiger partial charge in [0.15, 0.2) is 0 Å². The summed E-state index contributed by atoms with van der Waals surface area (Å²) in [7, 11) is 0. The average molecular weight is 329 g/mol. The zero-order valence-corrected chi connectivity index (χ0v) is 12.5. The van der Waals surface area contributed by atoms with Gasteiger partial charge in [-0.05, 0) is 46.7 Å². The molecule has 0 saturated heterocycles. The lowest BCUT2D eigenvalue weighted by Crippen LogP contribution is -2.27. The molecule has 6 nitrogen and oxygen atoms in total. The van der Waals surface area contributed by atoms with Crippen LogP contribution in [0, 0.1) is 11.6 Å². The Bertz CT molecular complexity index is 834. The summed E-state index contributed by atoms with van der Waals surface area (Å²) >= 11 is 0. The minimum Gasteiger partial charge on any atom is -0.352 e. The lowest BCUT2D eigenvalue weighted by Gasteiger charge is -2.10. The molecule has 0 aliphatic heterocycles. The second-order valence-electron chi connectivity index (χ2n) is 5.05. The Morgan fingerprint density at radius 3 is 2.54 bits per heavy atom. The Morgan fingerprint density at radius 2 is 1.83 bits per heavy atom. The predicted molar refractivity (Wildman–Crippen MR) is 81.5 cm³/mol. The van der Waals surface area contributed by atoms with Crippen LogP contribution in [0.1, 0.15) is 15.9 Å². The number of carbonyl (C=O) groups excluding carboxylic acids is 1. The second-order valence-corrected chi connectivity index (χ2v) is 5.05. The summed E-state index contributed by atoms with van der Waals surface area (Å²) in [5, 5.41) is 13.4.